The lowest BCUT2D eigenvalue weighted by molar-refractivity contribution is 0.407. The molecule has 1 saturated carbocycles. The van der Waals surface area contributed by atoms with Gasteiger partial charge < -0.3 is 10.1 Å². The van der Waals surface area contributed by atoms with Crippen molar-refractivity contribution in [2.75, 3.05) is 7.11 Å². The first-order chi connectivity index (χ1) is 8.60. The van der Waals surface area contributed by atoms with Gasteiger partial charge in [-0.3, -0.25) is 0 Å². The van der Waals surface area contributed by atoms with Gasteiger partial charge in [0, 0.05) is 12.1 Å². The highest BCUT2D eigenvalue weighted by Crippen LogP contribution is 2.28. The van der Waals surface area contributed by atoms with Crippen molar-refractivity contribution in [2.45, 2.75) is 58.0 Å². The Bertz CT molecular complexity index is 396. The fraction of sp³-hybridized carbons (Fsp3) is 0.625. The molecule has 0 spiro atoms. The lowest BCUT2D eigenvalue weighted by Gasteiger charge is -2.17. The Hall–Kier alpha value is -1.02. The van der Waals surface area contributed by atoms with E-state index in [1.165, 1.54) is 24.0 Å². The maximum absolute atomic E-state index is 5.43. The van der Waals surface area contributed by atoms with Gasteiger partial charge >= 0.3 is 0 Å². The van der Waals surface area contributed by atoms with Crippen LogP contribution in [0.5, 0.6) is 5.75 Å². The Morgan fingerprint density at radius 1 is 1.28 bits per heavy atom. The van der Waals surface area contributed by atoms with Crippen molar-refractivity contribution in [1.82, 2.24) is 5.32 Å². The fourth-order valence-electron chi connectivity index (χ4n) is 2.43. The predicted molar refractivity (Wildman–Crippen MR) is 76.4 cm³/mol. The predicted octanol–water partition coefficient (Wildman–Crippen LogP) is 3.50. The van der Waals surface area contributed by atoms with Crippen molar-refractivity contribution >= 4 is 0 Å². The van der Waals surface area contributed by atoms with Crippen LogP contribution in [0.4, 0.5) is 0 Å². The standard InChI is InChI=1S/C16H25NO/c1-11(2)15-10-13(5-8-16(15)18-4)9-12(3)17-14-6-7-14/h5,8,10-12,14,17H,6-7,9H2,1-4H3. The van der Waals surface area contributed by atoms with E-state index in [2.05, 4.69) is 44.3 Å². The number of hydrogen-bond acceptors (Lipinski definition) is 2. The van der Waals surface area contributed by atoms with E-state index in [1.54, 1.807) is 7.11 Å². The number of hydrogen-bond donors (Lipinski definition) is 1. The molecule has 0 amide bonds. The first-order valence-corrected chi connectivity index (χ1v) is 7.03. The SMILES string of the molecule is COc1ccc(CC(C)NC2CC2)cc1C(C)C. The summed E-state index contributed by atoms with van der Waals surface area (Å²) in [6.45, 7) is 6.71. The molecular weight excluding hydrogens is 222 g/mol. The van der Waals surface area contributed by atoms with E-state index in [0.717, 1.165) is 18.2 Å². The van der Waals surface area contributed by atoms with Crippen LogP contribution in [0.15, 0.2) is 18.2 Å². The van der Waals surface area contributed by atoms with Crippen molar-refractivity contribution in [3.63, 3.8) is 0 Å². The van der Waals surface area contributed by atoms with Crippen LogP contribution >= 0.6 is 0 Å². The normalized spacial score (nSPS) is 16.9. The monoisotopic (exact) mass is 247 g/mol. The number of benzene rings is 1. The minimum atomic E-state index is 0.506. The molecule has 1 aliphatic carbocycles. The van der Waals surface area contributed by atoms with Crippen LogP contribution in [-0.2, 0) is 6.42 Å². The summed E-state index contributed by atoms with van der Waals surface area (Å²) in [6.07, 6.45) is 3.80. The van der Waals surface area contributed by atoms with Crippen LogP contribution in [0.2, 0.25) is 0 Å². The van der Waals surface area contributed by atoms with E-state index in [0.29, 0.717) is 12.0 Å². The molecular formula is C16H25NO. The lowest BCUT2D eigenvalue weighted by Crippen LogP contribution is -2.29. The van der Waals surface area contributed by atoms with Crippen LogP contribution in [0, 0.1) is 0 Å². The van der Waals surface area contributed by atoms with Crippen molar-refractivity contribution in [2.24, 2.45) is 0 Å². The van der Waals surface area contributed by atoms with Gasteiger partial charge in [-0.05, 0) is 49.3 Å². The van der Waals surface area contributed by atoms with Gasteiger partial charge in [0.15, 0.2) is 0 Å². The number of ether oxygens (including phenoxy) is 1. The van der Waals surface area contributed by atoms with Gasteiger partial charge in [-0.2, -0.15) is 0 Å². The van der Waals surface area contributed by atoms with Crippen molar-refractivity contribution in [3.8, 4) is 5.75 Å². The Kier molecular flexibility index (Phi) is 4.28. The summed E-state index contributed by atoms with van der Waals surface area (Å²) in [5.74, 6) is 1.52. The Morgan fingerprint density at radius 3 is 2.56 bits per heavy atom. The zero-order valence-corrected chi connectivity index (χ0v) is 12.0. The highest BCUT2D eigenvalue weighted by molar-refractivity contribution is 5.39. The first kappa shape index (κ1) is 13.4. The maximum atomic E-state index is 5.43. The quantitative estimate of drug-likeness (QED) is 0.830. The van der Waals surface area contributed by atoms with Gasteiger partial charge in [0.25, 0.3) is 0 Å². The summed E-state index contributed by atoms with van der Waals surface area (Å²) in [7, 11) is 1.75. The molecule has 0 aromatic heterocycles. The third kappa shape index (κ3) is 3.49. The molecule has 0 saturated heterocycles. The highest BCUT2D eigenvalue weighted by Gasteiger charge is 2.22. The summed E-state index contributed by atoms with van der Waals surface area (Å²) in [5.41, 5.74) is 2.72. The molecule has 0 heterocycles. The van der Waals surface area contributed by atoms with E-state index < -0.39 is 0 Å². The molecule has 1 N–H and O–H groups in total. The summed E-state index contributed by atoms with van der Waals surface area (Å²) in [4.78, 5) is 0. The van der Waals surface area contributed by atoms with Gasteiger partial charge in [0.05, 0.1) is 7.11 Å². The molecule has 1 unspecified atom stereocenters. The van der Waals surface area contributed by atoms with Crippen molar-refractivity contribution in [3.05, 3.63) is 29.3 Å². The second kappa shape index (κ2) is 5.75. The van der Waals surface area contributed by atoms with Gasteiger partial charge in [0.1, 0.15) is 5.75 Å². The molecule has 0 bridgehead atoms. The Morgan fingerprint density at radius 2 is 2.00 bits per heavy atom. The van der Waals surface area contributed by atoms with Crippen molar-refractivity contribution in [1.29, 1.82) is 0 Å². The molecule has 1 fully saturated rings. The number of methoxy groups -OCH3 is 1. The molecule has 2 nitrogen and oxygen atoms in total. The molecule has 1 aromatic carbocycles. The van der Waals surface area contributed by atoms with Crippen LogP contribution in [0.3, 0.4) is 0 Å². The van der Waals surface area contributed by atoms with Crippen molar-refractivity contribution < 1.29 is 4.74 Å². The van der Waals surface area contributed by atoms with Crippen LogP contribution in [-0.4, -0.2) is 19.2 Å². The second-order valence-electron chi connectivity index (χ2n) is 5.78. The first-order valence-electron chi connectivity index (χ1n) is 7.03. The molecule has 1 atom stereocenters. The summed E-state index contributed by atoms with van der Waals surface area (Å²) >= 11 is 0. The Balaban J connectivity index is 2.05. The average Bonchev–Trinajstić information content (AvgIpc) is 3.12. The largest absolute Gasteiger partial charge is 0.496 e. The summed E-state index contributed by atoms with van der Waals surface area (Å²) < 4.78 is 5.43. The molecule has 0 radical (unpaired) electrons. The molecule has 18 heavy (non-hydrogen) atoms. The number of nitrogens with one attached hydrogen (secondary N) is 1. The minimum Gasteiger partial charge on any atom is -0.496 e. The topological polar surface area (TPSA) is 21.3 Å². The third-order valence-corrected chi connectivity index (χ3v) is 3.56. The average molecular weight is 247 g/mol. The van der Waals surface area contributed by atoms with E-state index >= 15 is 0 Å². The smallest absolute Gasteiger partial charge is 0.122 e. The lowest BCUT2D eigenvalue weighted by atomic mass is 9.97. The molecule has 2 heteroatoms. The van der Waals surface area contributed by atoms with E-state index in [1.807, 2.05) is 0 Å². The van der Waals surface area contributed by atoms with Crippen LogP contribution in [0.25, 0.3) is 0 Å². The van der Waals surface area contributed by atoms with Gasteiger partial charge in [-0.15, -0.1) is 0 Å². The summed E-state index contributed by atoms with van der Waals surface area (Å²) in [5, 5.41) is 3.65. The van der Waals surface area contributed by atoms with E-state index in [4.69, 9.17) is 4.74 Å². The third-order valence-electron chi connectivity index (χ3n) is 3.56. The number of rotatable bonds is 6. The fourth-order valence-corrected chi connectivity index (χ4v) is 2.43. The van der Waals surface area contributed by atoms with Crippen LogP contribution in [0.1, 0.15) is 50.7 Å². The zero-order chi connectivity index (χ0) is 13.1. The molecule has 100 valence electrons. The van der Waals surface area contributed by atoms with Gasteiger partial charge in [-0.25, -0.2) is 0 Å². The zero-order valence-electron chi connectivity index (χ0n) is 12.0. The molecule has 1 aromatic rings. The Labute approximate surface area is 111 Å². The van der Waals surface area contributed by atoms with Crippen LogP contribution < -0.4 is 10.1 Å². The van der Waals surface area contributed by atoms with E-state index in [9.17, 15) is 0 Å². The van der Waals surface area contributed by atoms with Gasteiger partial charge in [0.2, 0.25) is 0 Å². The van der Waals surface area contributed by atoms with E-state index in [-0.39, 0.29) is 0 Å². The summed E-state index contributed by atoms with van der Waals surface area (Å²) in [6, 6.07) is 7.94. The minimum absolute atomic E-state index is 0.506. The van der Waals surface area contributed by atoms with Gasteiger partial charge in [-0.1, -0.05) is 26.0 Å². The second-order valence-corrected chi connectivity index (χ2v) is 5.78. The molecule has 1 aliphatic rings. The molecule has 2 rings (SSSR count). The molecule has 0 aliphatic heterocycles. The maximum Gasteiger partial charge on any atom is 0.122 e. The highest BCUT2D eigenvalue weighted by atomic mass is 16.5.